The van der Waals surface area contributed by atoms with Crippen LogP contribution in [0.2, 0.25) is 0 Å². The van der Waals surface area contributed by atoms with E-state index in [1.165, 1.54) is 24.4 Å². The topological polar surface area (TPSA) is 73.7 Å². The molecule has 0 radical (unpaired) electrons. The van der Waals surface area contributed by atoms with Crippen molar-refractivity contribution in [3.63, 3.8) is 0 Å². The first-order valence-electron chi connectivity index (χ1n) is 10.3. The molecule has 5 rings (SSSR count). The summed E-state index contributed by atoms with van der Waals surface area (Å²) in [7, 11) is 0. The zero-order valence-corrected chi connectivity index (χ0v) is 17.1. The highest BCUT2D eigenvalue weighted by Crippen LogP contribution is 2.34. The Morgan fingerprint density at radius 2 is 1.72 bits per heavy atom. The van der Waals surface area contributed by atoms with Crippen LogP contribution in [0, 0.1) is 11.6 Å². The molecule has 1 fully saturated rings. The Morgan fingerprint density at radius 3 is 2.47 bits per heavy atom. The first kappa shape index (κ1) is 20.0. The maximum Gasteiger partial charge on any atom is 0.237 e. The molecule has 1 atom stereocenters. The van der Waals surface area contributed by atoms with E-state index in [2.05, 4.69) is 25.2 Å². The Labute approximate surface area is 183 Å². The van der Waals surface area contributed by atoms with Crippen molar-refractivity contribution in [3.8, 4) is 0 Å². The van der Waals surface area contributed by atoms with Crippen molar-refractivity contribution in [3.05, 3.63) is 72.1 Å². The number of carbonyl (C=O) groups excluding carboxylic acids is 1. The summed E-state index contributed by atoms with van der Waals surface area (Å²) in [6, 6.07) is 11.0. The average Bonchev–Trinajstić information content (AvgIpc) is 3.15. The van der Waals surface area contributed by atoms with Gasteiger partial charge >= 0.3 is 0 Å². The van der Waals surface area contributed by atoms with Crippen molar-refractivity contribution in [2.24, 2.45) is 4.99 Å². The minimum atomic E-state index is -0.845. The minimum absolute atomic E-state index is 0.263. The largest absolute Gasteiger partial charge is 0.366 e. The third kappa shape index (κ3) is 3.77. The van der Waals surface area contributed by atoms with Crippen LogP contribution in [0.1, 0.15) is 11.5 Å². The van der Waals surface area contributed by atoms with E-state index < -0.39 is 17.6 Å². The van der Waals surface area contributed by atoms with E-state index >= 15 is 0 Å². The number of aliphatic imine (C=N–C) groups is 1. The second kappa shape index (κ2) is 8.33. The van der Waals surface area contributed by atoms with Crippen molar-refractivity contribution in [2.75, 3.05) is 41.3 Å². The lowest BCUT2D eigenvalue weighted by Crippen LogP contribution is -2.47. The molecule has 162 valence electrons. The van der Waals surface area contributed by atoms with Gasteiger partial charge in [-0.1, -0.05) is 6.07 Å². The van der Waals surface area contributed by atoms with Gasteiger partial charge in [0.15, 0.2) is 0 Å². The molecule has 1 amide bonds. The highest BCUT2D eigenvalue weighted by Gasteiger charge is 2.32. The summed E-state index contributed by atoms with van der Waals surface area (Å²) in [6.07, 6.45) is 4.77. The maximum absolute atomic E-state index is 14.8. The van der Waals surface area contributed by atoms with Crippen molar-refractivity contribution >= 4 is 35.1 Å². The van der Waals surface area contributed by atoms with E-state index in [0.29, 0.717) is 49.2 Å². The van der Waals surface area contributed by atoms with Crippen molar-refractivity contribution in [1.82, 2.24) is 9.97 Å². The molecule has 2 aliphatic heterocycles. The van der Waals surface area contributed by atoms with Gasteiger partial charge in [-0.3, -0.25) is 9.79 Å². The summed E-state index contributed by atoms with van der Waals surface area (Å²) in [5, 5.41) is 2.64. The lowest BCUT2D eigenvalue weighted by atomic mass is 10.0. The molecule has 0 aliphatic carbocycles. The van der Waals surface area contributed by atoms with Crippen LogP contribution in [-0.2, 0) is 4.79 Å². The van der Waals surface area contributed by atoms with E-state index in [9.17, 15) is 13.6 Å². The summed E-state index contributed by atoms with van der Waals surface area (Å²) >= 11 is 0. The Kier molecular flexibility index (Phi) is 5.22. The molecule has 1 saturated heterocycles. The SMILES string of the molecule is O=C1Nc2cccc(F)c2C1C=Nc1ccc(N2CCN(c3ncccn3)CC2)c(F)c1. The molecule has 1 aromatic heterocycles. The van der Waals surface area contributed by atoms with E-state index in [1.807, 2.05) is 4.90 Å². The zero-order valence-electron chi connectivity index (χ0n) is 17.1. The third-order valence-corrected chi connectivity index (χ3v) is 5.66. The molecule has 7 nitrogen and oxygen atoms in total. The van der Waals surface area contributed by atoms with Crippen LogP contribution in [0.15, 0.2) is 59.9 Å². The van der Waals surface area contributed by atoms with Crippen LogP contribution in [0.4, 0.5) is 31.8 Å². The molecule has 2 aromatic carbocycles. The summed E-state index contributed by atoms with van der Waals surface area (Å²) in [6.45, 7) is 2.64. The molecular weight excluding hydrogens is 414 g/mol. The highest BCUT2D eigenvalue weighted by molar-refractivity contribution is 6.12. The number of piperazine rings is 1. The number of aromatic nitrogens is 2. The number of amides is 1. The van der Waals surface area contributed by atoms with E-state index in [1.54, 1.807) is 36.7 Å². The van der Waals surface area contributed by atoms with E-state index in [-0.39, 0.29) is 11.5 Å². The third-order valence-electron chi connectivity index (χ3n) is 5.66. The molecule has 0 spiro atoms. The molecule has 3 heterocycles. The Balaban J connectivity index is 1.28. The zero-order chi connectivity index (χ0) is 22.1. The molecule has 9 heteroatoms. The van der Waals surface area contributed by atoms with Crippen molar-refractivity contribution in [1.29, 1.82) is 0 Å². The van der Waals surface area contributed by atoms with Gasteiger partial charge in [-0.15, -0.1) is 0 Å². The average molecular weight is 434 g/mol. The van der Waals surface area contributed by atoms with E-state index in [0.717, 1.165) is 0 Å². The number of hydrogen-bond donors (Lipinski definition) is 1. The first-order chi connectivity index (χ1) is 15.6. The molecule has 0 saturated carbocycles. The van der Waals surface area contributed by atoms with Gasteiger partial charge in [-0.25, -0.2) is 18.7 Å². The Bertz CT molecular complexity index is 1180. The molecule has 3 aromatic rings. The van der Waals surface area contributed by atoms with Gasteiger partial charge in [-0.05, 0) is 30.3 Å². The summed E-state index contributed by atoms with van der Waals surface area (Å²) < 4.78 is 29.0. The van der Waals surface area contributed by atoms with Crippen LogP contribution in [-0.4, -0.2) is 48.3 Å². The number of benzene rings is 2. The smallest absolute Gasteiger partial charge is 0.237 e. The van der Waals surface area contributed by atoms with E-state index in [4.69, 9.17) is 0 Å². The van der Waals surface area contributed by atoms with Gasteiger partial charge in [0.2, 0.25) is 11.9 Å². The number of halogens is 2. The van der Waals surface area contributed by atoms with Gasteiger partial charge in [0.1, 0.15) is 17.6 Å². The quantitative estimate of drug-likeness (QED) is 0.636. The number of carbonyl (C=O) groups is 1. The lowest BCUT2D eigenvalue weighted by molar-refractivity contribution is -0.115. The van der Waals surface area contributed by atoms with Gasteiger partial charge in [-0.2, -0.15) is 0 Å². The number of anilines is 3. The van der Waals surface area contributed by atoms with Crippen molar-refractivity contribution in [2.45, 2.75) is 5.92 Å². The highest BCUT2D eigenvalue weighted by atomic mass is 19.1. The van der Waals surface area contributed by atoms with Gasteiger partial charge in [0.25, 0.3) is 0 Å². The normalized spacial score (nSPS) is 18.2. The van der Waals surface area contributed by atoms with Crippen LogP contribution >= 0.6 is 0 Å². The van der Waals surface area contributed by atoms with Gasteiger partial charge in [0.05, 0.1) is 11.4 Å². The monoisotopic (exact) mass is 434 g/mol. The molecule has 1 N–H and O–H groups in total. The minimum Gasteiger partial charge on any atom is -0.366 e. The number of nitrogens with zero attached hydrogens (tertiary/aromatic N) is 5. The lowest BCUT2D eigenvalue weighted by Gasteiger charge is -2.36. The standard InChI is InChI=1S/C23H20F2N6O/c24-17-3-1-4-19-21(17)16(22(32)29-19)14-28-15-5-6-20(18(25)13-15)30-9-11-31(12-10-30)23-26-7-2-8-27-23/h1-8,13-14,16H,9-12H2,(H,29,32). The van der Waals surface area contributed by atoms with Gasteiger partial charge in [0, 0.05) is 62.1 Å². The van der Waals surface area contributed by atoms with Crippen LogP contribution in [0.5, 0.6) is 0 Å². The summed E-state index contributed by atoms with van der Waals surface area (Å²) in [5.74, 6) is -1.40. The number of rotatable bonds is 4. The summed E-state index contributed by atoms with van der Waals surface area (Å²) in [5.41, 5.74) is 1.55. The second-order valence-corrected chi connectivity index (χ2v) is 7.60. The van der Waals surface area contributed by atoms with Crippen LogP contribution in [0.3, 0.4) is 0 Å². The predicted molar refractivity (Wildman–Crippen MR) is 119 cm³/mol. The predicted octanol–water partition coefficient (Wildman–Crippen LogP) is 3.52. The van der Waals surface area contributed by atoms with Crippen molar-refractivity contribution < 1.29 is 13.6 Å². The number of nitrogens with one attached hydrogen (secondary N) is 1. The van der Waals surface area contributed by atoms with Gasteiger partial charge < -0.3 is 15.1 Å². The van der Waals surface area contributed by atoms with Crippen LogP contribution < -0.4 is 15.1 Å². The first-order valence-corrected chi connectivity index (χ1v) is 10.3. The maximum atomic E-state index is 14.8. The fourth-order valence-electron chi connectivity index (χ4n) is 4.04. The Hall–Kier alpha value is -3.88. The number of fused-ring (bicyclic) bond motifs is 1. The molecular formula is C23H20F2N6O. The Morgan fingerprint density at radius 1 is 0.969 bits per heavy atom. The molecule has 0 bridgehead atoms. The second-order valence-electron chi connectivity index (χ2n) is 7.60. The molecule has 32 heavy (non-hydrogen) atoms. The van der Waals surface area contributed by atoms with Crippen LogP contribution in [0.25, 0.3) is 0 Å². The molecule has 1 unspecified atom stereocenters. The fourth-order valence-corrected chi connectivity index (χ4v) is 4.04. The fraction of sp³-hybridized carbons (Fsp3) is 0.217. The number of hydrogen-bond acceptors (Lipinski definition) is 6. The summed E-state index contributed by atoms with van der Waals surface area (Å²) in [4.78, 5) is 29.0. The molecule has 2 aliphatic rings.